The van der Waals surface area contributed by atoms with Crippen molar-refractivity contribution in [2.24, 2.45) is 0 Å². The molecule has 1 aromatic carbocycles. The van der Waals surface area contributed by atoms with Crippen LogP contribution < -0.4 is 5.32 Å². The van der Waals surface area contributed by atoms with Gasteiger partial charge >= 0.3 is 0 Å². The highest BCUT2D eigenvalue weighted by Crippen LogP contribution is 2.24. The van der Waals surface area contributed by atoms with E-state index in [-0.39, 0.29) is 11.9 Å². The highest BCUT2D eigenvalue weighted by molar-refractivity contribution is 7.99. The van der Waals surface area contributed by atoms with Crippen LogP contribution in [0.1, 0.15) is 30.0 Å². The molecule has 8 heteroatoms. The number of nitrogens with zero attached hydrogens (tertiary/aromatic N) is 4. The van der Waals surface area contributed by atoms with Crippen LogP contribution >= 0.6 is 11.8 Å². The molecular weight excluding hydrogens is 326 g/mol. The van der Waals surface area contributed by atoms with Gasteiger partial charge in [-0.15, -0.1) is 5.10 Å². The fourth-order valence-corrected chi connectivity index (χ4v) is 3.40. The van der Waals surface area contributed by atoms with Crippen molar-refractivity contribution in [1.29, 1.82) is 0 Å². The maximum atomic E-state index is 12.1. The zero-order valence-corrected chi connectivity index (χ0v) is 14.5. The first-order valence-corrected chi connectivity index (χ1v) is 9.02. The van der Waals surface area contributed by atoms with Crippen LogP contribution in [0.4, 0.5) is 0 Å². The average Bonchev–Trinajstić information content (AvgIpc) is 3.08. The molecule has 0 aliphatic carbocycles. The number of rotatable bonds is 6. The molecule has 1 aliphatic rings. The molecule has 128 valence electrons. The van der Waals surface area contributed by atoms with Gasteiger partial charge in [-0.2, -0.15) is 0 Å². The molecule has 0 radical (unpaired) electrons. The third kappa shape index (κ3) is 4.33. The third-order valence-electron chi connectivity index (χ3n) is 4.07. The second-order valence-electron chi connectivity index (χ2n) is 5.74. The molecule has 1 fully saturated rings. The molecule has 1 amide bonds. The molecule has 0 spiro atoms. The molecule has 0 bridgehead atoms. The van der Waals surface area contributed by atoms with Crippen molar-refractivity contribution >= 4 is 17.7 Å². The Hall–Kier alpha value is -1.93. The minimum atomic E-state index is -0.0234. The summed E-state index contributed by atoms with van der Waals surface area (Å²) < 4.78 is 7.19. The van der Waals surface area contributed by atoms with Crippen molar-refractivity contribution in [2.75, 3.05) is 19.0 Å². The molecule has 0 saturated carbocycles. The van der Waals surface area contributed by atoms with Crippen LogP contribution in [0.2, 0.25) is 0 Å². The fraction of sp³-hybridized carbons (Fsp3) is 0.500. The Morgan fingerprint density at radius 2 is 2.17 bits per heavy atom. The van der Waals surface area contributed by atoms with Gasteiger partial charge < -0.3 is 10.1 Å². The Bertz CT molecular complexity index is 685. The zero-order valence-electron chi connectivity index (χ0n) is 13.6. The Kier molecular flexibility index (Phi) is 5.81. The van der Waals surface area contributed by atoms with Crippen LogP contribution in [0.25, 0.3) is 0 Å². The van der Waals surface area contributed by atoms with E-state index in [1.54, 1.807) is 0 Å². The lowest BCUT2D eigenvalue weighted by Crippen LogP contribution is -2.25. The number of aryl methyl sites for hydroxylation is 1. The molecule has 1 saturated heterocycles. The Morgan fingerprint density at radius 3 is 2.96 bits per heavy atom. The van der Waals surface area contributed by atoms with Crippen molar-refractivity contribution < 1.29 is 9.53 Å². The minimum Gasteiger partial charge on any atom is -0.381 e. The standard InChI is InChI=1S/C16H21N5O2S/c1-12-4-2-3-5-13(12)10-17-15(22)11-24-16-18-19-20-21(16)14-6-8-23-9-7-14/h2-5,14H,6-11H2,1H3,(H,17,22). The Labute approximate surface area is 145 Å². The summed E-state index contributed by atoms with van der Waals surface area (Å²) in [5.74, 6) is 0.278. The van der Waals surface area contributed by atoms with Crippen molar-refractivity contribution in [3.05, 3.63) is 35.4 Å². The summed E-state index contributed by atoms with van der Waals surface area (Å²) in [6.45, 7) is 4.03. The van der Waals surface area contributed by atoms with E-state index in [0.717, 1.165) is 31.6 Å². The van der Waals surface area contributed by atoms with Crippen molar-refractivity contribution in [2.45, 2.75) is 37.5 Å². The number of hydrogen-bond acceptors (Lipinski definition) is 6. The lowest BCUT2D eigenvalue weighted by atomic mass is 10.1. The van der Waals surface area contributed by atoms with Crippen LogP contribution in [0.5, 0.6) is 0 Å². The molecule has 7 nitrogen and oxygen atoms in total. The molecule has 3 rings (SSSR count). The lowest BCUT2D eigenvalue weighted by molar-refractivity contribution is -0.118. The molecule has 2 aromatic rings. The summed E-state index contributed by atoms with van der Waals surface area (Å²) in [5, 5.41) is 15.5. The van der Waals surface area contributed by atoms with Gasteiger partial charge in [0.1, 0.15) is 0 Å². The van der Waals surface area contributed by atoms with E-state index in [1.807, 2.05) is 35.9 Å². The maximum Gasteiger partial charge on any atom is 0.230 e. The number of ether oxygens (including phenoxy) is 1. The summed E-state index contributed by atoms with van der Waals surface area (Å²) >= 11 is 1.37. The highest BCUT2D eigenvalue weighted by Gasteiger charge is 2.21. The summed E-state index contributed by atoms with van der Waals surface area (Å²) in [7, 11) is 0. The van der Waals surface area contributed by atoms with E-state index in [0.29, 0.717) is 17.5 Å². The molecule has 2 heterocycles. The number of carbonyl (C=O) groups excluding carboxylic acids is 1. The predicted octanol–water partition coefficient (Wildman–Crippen LogP) is 1.74. The zero-order chi connectivity index (χ0) is 16.8. The van der Waals surface area contributed by atoms with E-state index in [9.17, 15) is 4.79 Å². The number of thioether (sulfide) groups is 1. The number of benzene rings is 1. The molecular formula is C16H21N5O2S. The minimum absolute atomic E-state index is 0.0234. The molecule has 0 unspecified atom stereocenters. The quantitative estimate of drug-likeness (QED) is 0.802. The molecule has 1 N–H and O–H groups in total. The van der Waals surface area contributed by atoms with E-state index in [1.165, 1.54) is 17.3 Å². The lowest BCUT2D eigenvalue weighted by Gasteiger charge is -2.22. The van der Waals surface area contributed by atoms with E-state index >= 15 is 0 Å². The second kappa shape index (κ2) is 8.25. The monoisotopic (exact) mass is 347 g/mol. The van der Waals surface area contributed by atoms with Crippen LogP contribution in [0, 0.1) is 6.92 Å². The van der Waals surface area contributed by atoms with Gasteiger partial charge in [-0.25, -0.2) is 4.68 Å². The molecule has 1 aromatic heterocycles. The number of nitrogens with one attached hydrogen (secondary N) is 1. The first-order valence-electron chi connectivity index (χ1n) is 8.03. The van der Waals surface area contributed by atoms with Gasteiger partial charge in [0, 0.05) is 19.8 Å². The number of aromatic nitrogens is 4. The van der Waals surface area contributed by atoms with Crippen molar-refractivity contribution in [3.8, 4) is 0 Å². The largest absolute Gasteiger partial charge is 0.381 e. The Balaban J connectivity index is 1.50. The number of tetrazole rings is 1. The molecule has 24 heavy (non-hydrogen) atoms. The number of hydrogen-bond donors (Lipinski definition) is 1. The fourth-order valence-electron chi connectivity index (χ4n) is 2.62. The van der Waals surface area contributed by atoms with E-state index in [4.69, 9.17) is 4.74 Å². The van der Waals surface area contributed by atoms with Crippen molar-refractivity contribution in [3.63, 3.8) is 0 Å². The smallest absolute Gasteiger partial charge is 0.230 e. The normalized spacial score (nSPS) is 15.4. The molecule has 1 aliphatic heterocycles. The van der Waals surface area contributed by atoms with Crippen LogP contribution in [-0.4, -0.2) is 45.1 Å². The van der Waals surface area contributed by atoms with Crippen LogP contribution in [-0.2, 0) is 16.1 Å². The average molecular weight is 347 g/mol. The predicted molar refractivity (Wildman–Crippen MR) is 90.7 cm³/mol. The summed E-state index contributed by atoms with van der Waals surface area (Å²) in [6.07, 6.45) is 1.80. The van der Waals surface area contributed by atoms with Gasteiger partial charge in [0.25, 0.3) is 0 Å². The van der Waals surface area contributed by atoms with Gasteiger partial charge in [0.15, 0.2) is 0 Å². The van der Waals surface area contributed by atoms with Crippen LogP contribution in [0.3, 0.4) is 0 Å². The number of amides is 1. The maximum absolute atomic E-state index is 12.1. The number of carbonyl (C=O) groups is 1. The molecule has 0 atom stereocenters. The van der Waals surface area contributed by atoms with Gasteiger partial charge in [-0.3, -0.25) is 4.79 Å². The van der Waals surface area contributed by atoms with E-state index in [2.05, 4.69) is 20.8 Å². The second-order valence-corrected chi connectivity index (χ2v) is 6.68. The van der Waals surface area contributed by atoms with Gasteiger partial charge in [-0.1, -0.05) is 36.0 Å². The summed E-state index contributed by atoms with van der Waals surface area (Å²) in [4.78, 5) is 12.1. The summed E-state index contributed by atoms with van der Waals surface area (Å²) in [5.41, 5.74) is 2.30. The van der Waals surface area contributed by atoms with Gasteiger partial charge in [-0.05, 0) is 41.3 Å². The van der Waals surface area contributed by atoms with Crippen LogP contribution in [0.15, 0.2) is 29.4 Å². The third-order valence-corrected chi connectivity index (χ3v) is 5.00. The van der Waals surface area contributed by atoms with E-state index < -0.39 is 0 Å². The SMILES string of the molecule is Cc1ccccc1CNC(=O)CSc1nnnn1C1CCOCC1. The topological polar surface area (TPSA) is 81.9 Å². The first-order chi connectivity index (χ1) is 11.7. The van der Waals surface area contributed by atoms with Crippen molar-refractivity contribution in [1.82, 2.24) is 25.5 Å². The first kappa shape index (κ1) is 16.9. The highest BCUT2D eigenvalue weighted by atomic mass is 32.2. The van der Waals surface area contributed by atoms with Gasteiger partial charge in [0.05, 0.1) is 11.8 Å². The van der Waals surface area contributed by atoms with Gasteiger partial charge in [0.2, 0.25) is 11.1 Å². The summed E-state index contributed by atoms with van der Waals surface area (Å²) in [6, 6.07) is 8.29. The Morgan fingerprint density at radius 1 is 1.38 bits per heavy atom.